The van der Waals surface area contributed by atoms with Gasteiger partial charge in [0.1, 0.15) is 19.0 Å². The maximum atomic E-state index is 7.49. The second-order valence-electron chi connectivity index (χ2n) is 12.4. The Bertz CT molecular complexity index is 858. The third-order valence-corrected chi connectivity index (χ3v) is 14.9. The summed E-state index contributed by atoms with van der Waals surface area (Å²) in [7, 11) is -0.633. The van der Waals surface area contributed by atoms with E-state index in [1.807, 2.05) is 18.2 Å². The van der Waals surface area contributed by atoms with Crippen molar-refractivity contribution in [3.8, 4) is 0 Å². The number of fused-ring (bicyclic) bond motifs is 1. The van der Waals surface area contributed by atoms with E-state index in [0.29, 0.717) is 36.4 Å². The summed E-state index contributed by atoms with van der Waals surface area (Å²) in [6.45, 7) is 23.5. The average molecular weight is 579 g/mol. The van der Waals surface area contributed by atoms with E-state index in [1.54, 1.807) is 13.2 Å². The van der Waals surface area contributed by atoms with Crippen molar-refractivity contribution in [1.82, 2.24) is 0 Å². The van der Waals surface area contributed by atoms with Crippen LogP contribution in [0.1, 0.15) is 61.0 Å². The molecule has 2 aliphatic rings. The smallest absolute Gasteiger partial charge is 0.200 e. The second kappa shape index (κ2) is 15.4. The first kappa shape index (κ1) is 33.4. The first-order valence-electron chi connectivity index (χ1n) is 15.0. The molecule has 0 saturated carbocycles. The van der Waals surface area contributed by atoms with Gasteiger partial charge in [-0.3, -0.25) is 0 Å². The number of rotatable bonds is 15. The molecule has 0 amide bonds. The van der Waals surface area contributed by atoms with Crippen LogP contribution in [-0.4, -0.2) is 72.2 Å². The van der Waals surface area contributed by atoms with Crippen LogP contribution in [0, 0.1) is 11.8 Å². The van der Waals surface area contributed by atoms with Crippen molar-refractivity contribution >= 4 is 8.32 Å². The lowest BCUT2D eigenvalue weighted by molar-refractivity contribution is -0.179. The van der Waals surface area contributed by atoms with Gasteiger partial charge >= 0.3 is 0 Å². The minimum absolute atomic E-state index is 0.00838. The van der Waals surface area contributed by atoms with Crippen LogP contribution in [0.25, 0.3) is 0 Å². The molecule has 8 heteroatoms. The van der Waals surface area contributed by atoms with Crippen LogP contribution in [0.15, 0.2) is 43.0 Å². The summed E-state index contributed by atoms with van der Waals surface area (Å²) in [5, 5.41) is 0. The third-order valence-electron chi connectivity index (χ3n) is 8.82. The van der Waals surface area contributed by atoms with Crippen molar-refractivity contribution < 1.29 is 32.8 Å². The van der Waals surface area contributed by atoms with Crippen molar-refractivity contribution in [3.63, 3.8) is 0 Å². The quantitative estimate of drug-likeness (QED) is 0.0991. The molecule has 0 bridgehead atoms. The fourth-order valence-corrected chi connectivity index (χ4v) is 12.6. The lowest BCUT2D eigenvalue weighted by atomic mass is 9.89. The van der Waals surface area contributed by atoms with Gasteiger partial charge < -0.3 is 32.8 Å². The minimum atomic E-state index is -2.27. The van der Waals surface area contributed by atoms with Crippen LogP contribution in [0.2, 0.25) is 16.6 Å². The summed E-state index contributed by atoms with van der Waals surface area (Å²) >= 11 is 0. The van der Waals surface area contributed by atoms with Gasteiger partial charge in [-0.1, -0.05) is 91.8 Å². The lowest BCUT2D eigenvalue weighted by Crippen LogP contribution is -2.56. The van der Waals surface area contributed by atoms with E-state index in [1.165, 1.54) is 0 Å². The van der Waals surface area contributed by atoms with Crippen LogP contribution >= 0.6 is 0 Å². The largest absolute Gasteiger partial charge is 0.410 e. The summed E-state index contributed by atoms with van der Waals surface area (Å²) < 4.78 is 45.0. The average Bonchev–Trinajstić information content (AvgIpc) is 3.16. The molecule has 0 spiro atoms. The fourth-order valence-electron chi connectivity index (χ4n) is 6.96. The third kappa shape index (κ3) is 7.45. The molecular formula is C32H54O7Si. The van der Waals surface area contributed by atoms with Gasteiger partial charge in [0, 0.05) is 18.9 Å². The zero-order chi connectivity index (χ0) is 29.4. The van der Waals surface area contributed by atoms with Crippen molar-refractivity contribution in [2.45, 2.75) is 115 Å². The van der Waals surface area contributed by atoms with Crippen LogP contribution in [0.5, 0.6) is 0 Å². The molecule has 0 aromatic heterocycles. The van der Waals surface area contributed by atoms with Gasteiger partial charge in [0.2, 0.25) is 8.32 Å². The standard InChI is InChI=1S/C32H54O7Si/c1-11-17-35-32-25(9)30-31(38-32)29(36-18-26-15-13-12-14-16-26)24(8)28(27(37-30)19-34-20-33-10)39-40(21(2)3,22(4)5)23(6)7/h11-16,21-25,27-32H,1,17-20H2,2-10H3/t24-,25-,27+,28-,29+,30-,31+,32?/m1/s1. The first-order chi connectivity index (χ1) is 19.1. The Morgan fingerprint density at radius 3 is 2.10 bits per heavy atom. The maximum absolute atomic E-state index is 7.49. The molecule has 0 aliphatic carbocycles. The number of hydrogen-bond donors (Lipinski definition) is 0. The Morgan fingerprint density at radius 1 is 0.875 bits per heavy atom. The van der Waals surface area contributed by atoms with Crippen molar-refractivity contribution in [2.24, 2.45) is 11.8 Å². The predicted molar refractivity (Wildman–Crippen MR) is 161 cm³/mol. The lowest BCUT2D eigenvalue weighted by Gasteiger charge is -2.47. The van der Waals surface area contributed by atoms with E-state index in [4.69, 9.17) is 32.8 Å². The normalized spacial score (nSPS) is 31.1. The molecular weight excluding hydrogens is 524 g/mol. The van der Waals surface area contributed by atoms with Crippen LogP contribution in [-0.2, 0) is 39.5 Å². The SMILES string of the molecule is C=CCOC1O[C@H]2[C@@H](OCc3ccccc3)[C@H](C)[C@@H](O[Si](C(C)C)(C(C)C)C(C)C)[C@H](COCOC)O[C@@H]2[C@H]1C. The van der Waals surface area contributed by atoms with E-state index in [-0.39, 0.29) is 49.1 Å². The van der Waals surface area contributed by atoms with Crippen LogP contribution < -0.4 is 0 Å². The van der Waals surface area contributed by atoms with Crippen molar-refractivity contribution in [2.75, 3.05) is 27.1 Å². The molecule has 2 aliphatic heterocycles. The van der Waals surface area contributed by atoms with E-state index in [0.717, 1.165) is 5.56 Å². The number of methoxy groups -OCH3 is 1. The first-order valence-corrected chi connectivity index (χ1v) is 17.2. The fraction of sp³-hybridized carbons (Fsp3) is 0.750. The molecule has 0 N–H and O–H groups in total. The van der Waals surface area contributed by atoms with Gasteiger partial charge in [-0.2, -0.15) is 0 Å². The van der Waals surface area contributed by atoms with Gasteiger partial charge in [-0.15, -0.1) is 6.58 Å². The molecule has 3 rings (SSSR count). The van der Waals surface area contributed by atoms with Crippen LogP contribution in [0.3, 0.4) is 0 Å². The molecule has 2 saturated heterocycles. The highest BCUT2D eigenvalue weighted by molar-refractivity contribution is 6.77. The highest BCUT2D eigenvalue weighted by atomic mass is 28.4. The van der Waals surface area contributed by atoms with E-state index < -0.39 is 14.6 Å². The summed E-state index contributed by atoms with van der Waals surface area (Å²) in [6, 6.07) is 10.3. The molecule has 7 nitrogen and oxygen atoms in total. The van der Waals surface area contributed by atoms with Gasteiger partial charge in [-0.25, -0.2) is 0 Å². The molecule has 8 atom stereocenters. The summed E-state index contributed by atoms with van der Waals surface area (Å²) in [4.78, 5) is 0. The van der Waals surface area contributed by atoms with Gasteiger partial charge in [0.25, 0.3) is 0 Å². The Morgan fingerprint density at radius 2 is 1.52 bits per heavy atom. The highest BCUT2D eigenvalue weighted by Crippen LogP contribution is 2.47. The molecule has 228 valence electrons. The van der Waals surface area contributed by atoms with Crippen molar-refractivity contribution in [3.05, 3.63) is 48.6 Å². The Kier molecular flexibility index (Phi) is 12.9. The maximum Gasteiger partial charge on any atom is 0.200 e. The molecule has 1 unspecified atom stereocenters. The predicted octanol–water partition coefficient (Wildman–Crippen LogP) is 6.72. The summed E-state index contributed by atoms with van der Waals surface area (Å²) in [5.41, 5.74) is 2.41. The second-order valence-corrected chi connectivity index (χ2v) is 17.8. The zero-order valence-corrected chi connectivity index (χ0v) is 27.2. The number of hydrogen-bond acceptors (Lipinski definition) is 7. The Hall–Kier alpha value is -1.10. The van der Waals surface area contributed by atoms with Crippen LogP contribution in [0.4, 0.5) is 0 Å². The van der Waals surface area contributed by atoms with Gasteiger partial charge in [-0.05, 0) is 22.2 Å². The molecule has 0 radical (unpaired) electrons. The summed E-state index contributed by atoms with van der Waals surface area (Å²) in [5.74, 6) is -0.0331. The molecule has 40 heavy (non-hydrogen) atoms. The summed E-state index contributed by atoms with van der Waals surface area (Å²) in [6.07, 6.45) is -0.0137. The monoisotopic (exact) mass is 578 g/mol. The number of benzene rings is 1. The van der Waals surface area contributed by atoms with Gasteiger partial charge in [0.15, 0.2) is 6.29 Å². The van der Waals surface area contributed by atoms with Crippen molar-refractivity contribution in [1.29, 1.82) is 0 Å². The van der Waals surface area contributed by atoms with E-state index in [9.17, 15) is 0 Å². The molecule has 2 heterocycles. The zero-order valence-electron chi connectivity index (χ0n) is 26.2. The highest BCUT2D eigenvalue weighted by Gasteiger charge is 2.57. The Labute approximate surface area is 244 Å². The minimum Gasteiger partial charge on any atom is -0.410 e. The Balaban J connectivity index is 2.03. The van der Waals surface area contributed by atoms with E-state index >= 15 is 0 Å². The van der Waals surface area contributed by atoms with E-state index in [2.05, 4.69) is 74.1 Å². The molecule has 1 aromatic rings. The topological polar surface area (TPSA) is 64.6 Å². The molecule has 1 aromatic carbocycles. The number of ether oxygens (including phenoxy) is 6. The van der Waals surface area contributed by atoms with Gasteiger partial charge in [0.05, 0.1) is 38.1 Å². The molecule has 2 fully saturated rings.